The minimum absolute atomic E-state index is 0.0592. The van der Waals surface area contributed by atoms with Gasteiger partial charge in [-0.15, -0.1) is 0 Å². The first-order chi connectivity index (χ1) is 15.0. The first-order valence-corrected chi connectivity index (χ1v) is 11.7. The van der Waals surface area contributed by atoms with Crippen molar-refractivity contribution in [3.8, 4) is 0 Å². The van der Waals surface area contributed by atoms with Crippen LogP contribution in [0.1, 0.15) is 69.7 Å². The third kappa shape index (κ3) is 8.26. The van der Waals surface area contributed by atoms with Crippen molar-refractivity contribution in [3.05, 3.63) is 17.5 Å². The highest BCUT2D eigenvalue weighted by Gasteiger charge is 2.35. The lowest BCUT2D eigenvalue weighted by Crippen LogP contribution is -2.51. The van der Waals surface area contributed by atoms with Crippen LogP contribution in [-0.2, 0) is 20.9 Å². The van der Waals surface area contributed by atoms with Crippen molar-refractivity contribution in [1.29, 1.82) is 0 Å². The number of hydrogen-bond donors (Lipinski definition) is 3. The largest absolute Gasteiger partial charge is 0.483 e. The fourth-order valence-electron chi connectivity index (χ4n) is 4.74. The average molecular weight is 437 g/mol. The van der Waals surface area contributed by atoms with Crippen LogP contribution in [0.3, 0.4) is 0 Å². The van der Waals surface area contributed by atoms with Gasteiger partial charge in [-0.3, -0.25) is 14.3 Å². The standard InChI is InChI=1S/C22H38N4O2.CH2O2/c1-4-13-28-21-15-18(9-10-20(21)24-19-7-5-6-8-19)22(27)23-11-12-26-17(3)14-16(2)25-26;2-1-3/h14,18-21,24H,4-13,15H2,1-3H3,(H,23,27);1H,(H,2,3)/t18-,20+,21+;/m0./s1. The molecule has 2 aliphatic carbocycles. The number of rotatable bonds is 9. The van der Waals surface area contributed by atoms with Crippen LogP contribution < -0.4 is 10.6 Å². The number of hydrogen-bond acceptors (Lipinski definition) is 5. The number of nitrogens with zero attached hydrogens (tertiary/aromatic N) is 2. The number of aromatic nitrogens is 2. The lowest BCUT2D eigenvalue weighted by Gasteiger charge is -2.37. The molecule has 0 unspecified atom stereocenters. The number of carbonyl (C=O) groups is 2. The summed E-state index contributed by atoms with van der Waals surface area (Å²) in [6.07, 6.45) is 9.22. The van der Waals surface area contributed by atoms with Crippen LogP contribution in [0.4, 0.5) is 0 Å². The summed E-state index contributed by atoms with van der Waals surface area (Å²) in [5.41, 5.74) is 2.16. The van der Waals surface area contributed by atoms with E-state index in [0.29, 0.717) is 18.6 Å². The van der Waals surface area contributed by atoms with Crippen molar-refractivity contribution in [1.82, 2.24) is 20.4 Å². The molecular formula is C23H40N4O4. The summed E-state index contributed by atoms with van der Waals surface area (Å²) in [5.74, 6) is 0.231. The van der Waals surface area contributed by atoms with Crippen LogP contribution in [-0.4, -0.2) is 58.6 Å². The predicted molar refractivity (Wildman–Crippen MR) is 120 cm³/mol. The van der Waals surface area contributed by atoms with Gasteiger partial charge in [-0.25, -0.2) is 0 Å². The highest BCUT2D eigenvalue weighted by Crippen LogP contribution is 2.29. The number of ether oxygens (including phenoxy) is 1. The van der Waals surface area contributed by atoms with E-state index in [-0.39, 0.29) is 24.4 Å². The van der Waals surface area contributed by atoms with Crippen molar-refractivity contribution >= 4 is 12.4 Å². The highest BCUT2D eigenvalue weighted by atomic mass is 16.5. The lowest BCUT2D eigenvalue weighted by atomic mass is 9.82. The van der Waals surface area contributed by atoms with E-state index in [2.05, 4.69) is 35.6 Å². The molecular weight excluding hydrogens is 396 g/mol. The fourth-order valence-corrected chi connectivity index (χ4v) is 4.74. The van der Waals surface area contributed by atoms with E-state index in [1.54, 1.807) is 0 Å². The van der Waals surface area contributed by atoms with Crippen molar-refractivity contribution < 1.29 is 19.4 Å². The Morgan fingerprint density at radius 1 is 1.29 bits per heavy atom. The Kier molecular flexibility index (Phi) is 11.0. The number of carboxylic acid groups (broad SMARTS) is 1. The van der Waals surface area contributed by atoms with Gasteiger partial charge >= 0.3 is 0 Å². The molecule has 2 aliphatic rings. The van der Waals surface area contributed by atoms with Gasteiger partial charge in [0.1, 0.15) is 0 Å². The van der Waals surface area contributed by atoms with E-state index in [1.807, 2.05) is 11.6 Å². The van der Waals surface area contributed by atoms with Crippen molar-refractivity contribution in [2.24, 2.45) is 5.92 Å². The molecule has 1 heterocycles. The number of nitrogens with one attached hydrogen (secondary N) is 2. The Morgan fingerprint density at radius 2 is 2.00 bits per heavy atom. The Hall–Kier alpha value is -1.93. The zero-order chi connectivity index (χ0) is 22.6. The summed E-state index contributed by atoms with van der Waals surface area (Å²) in [7, 11) is 0. The smallest absolute Gasteiger partial charge is 0.290 e. The molecule has 0 bridgehead atoms. The maximum Gasteiger partial charge on any atom is 0.290 e. The van der Waals surface area contributed by atoms with Gasteiger partial charge in [0.25, 0.3) is 6.47 Å². The van der Waals surface area contributed by atoms with E-state index in [0.717, 1.165) is 50.2 Å². The average Bonchev–Trinajstić information content (AvgIpc) is 3.36. The van der Waals surface area contributed by atoms with E-state index >= 15 is 0 Å². The van der Waals surface area contributed by atoms with Gasteiger partial charge in [0.2, 0.25) is 5.91 Å². The van der Waals surface area contributed by atoms with Gasteiger partial charge in [-0.05, 0) is 58.4 Å². The summed E-state index contributed by atoms with van der Waals surface area (Å²) < 4.78 is 8.13. The van der Waals surface area contributed by atoms with Crippen LogP contribution in [0.5, 0.6) is 0 Å². The topological polar surface area (TPSA) is 105 Å². The van der Waals surface area contributed by atoms with Crippen LogP contribution in [0.25, 0.3) is 0 Å². The third-order valence-electron chi connectivity index (χ3n) is 6.23. The molecule has 3 rings (SSSR count). The molecule has 1 aromatic rings. The molecule has 0 saturated heterocycles. The zero-order valence-corrected chi connectivity index (χ0v) is 19.3. The number of aryl methyl sites for hydroxylation is 2. The van der Waals surface area contributed by atoms with Gasteiger partial charge in [-0.1, -0.05) is 19.8 Å². The minimum atomic E-state index is -0.250. The second-order valence-electron chi connectivity index (χ2n) is 8.72. The molecule has 2 saturated carbocycles. The van der Waals surface area contributed by atoms with Gasteiger partial charge in [0.15, 0.2) is 0 Å². The van der Waals surface area contributed by atoms with Crippen molar-refractivity contribution in [3.63, 3.8) is 0 Å². The maximum absolute atomic E-state index is 12.7. The number of carbonyl (C=O) groups excluding carboxylic acids is 1. The van der Waals surface area contributed by atoms with Gasteiger partial charge in [0.05, 0.1) is 18.3 Å². The Labute approximate surface area is 186 Å². The maximum atomic E-state index is 12.7. The first-order valence-electron chi connectivity index (χ1n) is 11.7. The SMILES string of the molecule is CCCO[C@@H]1C[C@@H](C(=O)NCCn2nc(C)cc2C)CC[C@H]1NC1CCCC1.O=CO. The highest BCUT2D eigenvalue weighted by molar-refractivity contribution is 5.78. The number of amides is 1. The molecule has 31 heavy (non-hydrogen) atoms. The molecule has 176 valence electrons. The molecule has 1 aromatic heterocycles. The fraction of sp³-hybridized carbons (Fsp3) is 0.783. The third-order valence-corrected chi connectivity index (χ3v) is 6.23. The van der Waals surface area contributed by atoms with Crippen LogP contribution in [0.2, 0.25) is 0 Å². The lowest BCUT2D eigenvalue weighted by molar-refractivity contribution is -0.128. The first kappa shape index (κ1) is 25.3. The van der Waals surface area contributed by atoms with Gasteiger partial charge < -0.3 is 20.5 Å². The molecule has 8 nitrogen and oxygen atoms in total. The summed E-state index contributed by atoms with van der Waals surface area (Å²) >= 11 is 0. The second-order valence-corrected chi connectivity index (χ2v) is 8.72. The summed E-state index contributed by atoms with van der Waals surface area (Å²) in [6.45, 7) is 8.07. The Morgan fingerprint density at radius 3 is 2.61 bits per heavy atom. The molecule has 0 aliphatic heterocycles. The minimum Gasteiger partial charge on any atom is -0.483 e. The molecule has 2 fully saturated rings. The van der Waals surface area contributed by atoms with Gasteiger partial charge in [-0.2, -0.15) is 5.10 Å². The van der Waals surface area contributed by atoms with Crippen LogP contribution in [0.15, 0.2) is 6.07 Å². The molecule has 3 N–H and O–H groups in total. The Bertz CT molecular complexity index is 673. The van der Waals surface area contributed by atoms with E-state index in [4.69, 9.17) is 14.6 Å². The summed E-state index contributed by atoms with van der Waals surface area (Å²) in [5, 5.41) is 18.3. The molecule has 1 amide bonds. The molecule has 0 spiro atoms. The summed E-state index contributed by atoms with van der Waals surface area (Å²) in [6, 6.07) is 3.10. The second kappa shape index (κ2) is 13.5. The van der Waals surface area contributed by atoms with E-state index in [9.17, 15) is 4.79 Å². The molecule has 3 atom stereocenters. The molecule has 0 radical (unpaired) electrons. The predicted octanol–water partition coefficient (Wildman–Crippen LogP) is 2.81. The zero-order valence-electron chi connectivity index (χ0n) is 19.3. The summed E-state index contributed by atoms with van der Waals surface area (Å²) in [4.78, 5) is 21.1. The molecule has 8 heteroatoms. The molecule has 0 aromatic carbocycles. The van der Waals surface area contributed by atoms with Gasteiger partial charge in [0, 0.05) is 36.8 Å². The monoisotopic (exact) mass is 436 g/mol. The van der Waals surface area contributed by atoms with Crippen LogP contribution >= 0.6 is 0 Å². The quantitative estimate of drug-likeness (QED) is 0.514. The van der Waals surface area contributed by atoms with E-state index in [1.165, 1.54) is 25.7 Å². The Balaban J connectivity index is 0.00000107. The van der Waals surface area contributed by atoms with Crippen molar-refractivity contribution in [2.45, 2.75) is 96.9 Å². The normalized spacial score (nSPS) is 23.8. The van der Waals surface area contributed by atoms with E-state index < -0.39 is 0 Å². The van der Waals surface area contributed by atoms with Crippen molar-refractivity contribution in [2.75, 3.05) is 13.2 Å². The van der Waals surface area contributed by atoms with Crippen LogP contribution in [0, 0.1) is 19.8 Å².